The number of Topliss-reactive ketones (excluding diaryl/α,β-unsaturated/α-hetero) is 1. The van der Waals surface area contributed by atoms with Crippen LogP contribution in [0.3, 0.4) is 0 Å². The average Bonchev–Trinajstić information content (AvgIpc) is 2.55. The fourth-order valence-corrected chi connectivity index (χ4v) is 5.65. The average molecular weight is 298 g/mol. The number of ether oxygens (including phenoxy) is 1. The number of hydrogen-bond donors (Lipinski definition) is 0. The zero-order chi connectivity index (χ0) is 15.3. The zero-order valence-corrected chi connectivity index (χ0v) is 13.7. The maximum absolute atomic E-state index is 12.5. The largest absolute Gasteiger partial charge is 0.497 e. The second-order valence-electron chi connectivity index (χ2n) is 7.75. The van der Waals surface area contributed by atoms with E-state index in [4.69, 9.17) is 4.74 Å². The molecule has 0 aromatic heterocycles. The van der Waals surface area contributed by atoms with Gasteiger partial charge in [-0.1, -0.05) is 13.0 Å². The number of benzene rings is 1. The molecule has 3 aliphatic carbocycles. The van der Waals surface area contributed by atoms with Crippen LogP contribution in [0, 0.1) is 17.3 Å². The van der Waals surface area contributed by atoms with Crippen LogP contribution in [-0.2, 0) is 11.2 Å². The number of methoxy groups -OCH3 is 1. The van der Waals surface area contributed by atoms with Crippen molar-refractivity contribution < 1.29 is 9.53 Å². The quantitative estimate of drug-likeness (QED) is 0.762. The Morgan fingerprint density at radius 2 is 2.05 bits per heavy atom. The summed E-state index contributed by atoms with van der Waals surface area (Å²) in [6, 6.07) is 6.63. The Kier molecular flexibility index (Phi) is 3.32. The summed E-state index contributed by atoms with van der Waals surface area (Å²) < 4.78 is 5.39. The predicted octanol–water partition coefficient (Wildman–Crippen LogP) is 4.51. The van der Waals surface area contributed by atoms with Gasteiger partial charge in [0.25, 0.3) is 0 Å². The zero-order valence-electron chi connectivity index (χ0n) is 13.7. The van der Waals surface area contributed by atoms with E-state index in [1.165, 1.54) is 30.4 Å². The van der Waals surface area contributed by atoms with Gasteiger partial charge in [0, 0.05) is 11.8 Å². The molecule has 22 heavy (non-hydrogen) atoms. The smallest absolute Gasteiger partial charge is 0.139 e. The van der Waals surface area contributed by atoms with Crippen LogP contribution in [0.4, 0.5) is 0 Å². The van der Waals surface area contributed by atoms with Crippen molar-refractivity contribution in [3.05, 3.63) is 29.3 Å². The van der Waals surface area contributed by atoms with Crippen molar-refractivity contribution in [3.63, 3.8) is 0 Å². The normalized spacial score (nSPS) is 37.0. The lowest BCUT2D eigenvalue weighted by Crippen LogP contribution is -2.49. The van der Waals surface area contributed by atoms with Gasteiger partial charge in [0.05, 0.1) is 7.11 Å². The highest BCUT2D eigenvalue weighted by Crippen LogP contribution is 2.58. The number of ketones is 1. The van der Waals surface area contributed by atoms with Gasteiger partial charge in [0.1, 0.15) is 11.5 Å². The van der Waals surface area contributed by atoms with Gasteiger partial charge in [-0.15, -0.1) is 0 Å². The molecule has 118 valence electrons. The van der Waals surface area contributed by atoms with E-state index in [1.807, 2.05) is 0 Å². The summed E-state index contributed by atoms with van der Waals surface area (Å²) in [4.78, 5) is 12.5. The van der Waals surface area contributed by atoms with E-state index in [0.717, 1.165) is 31.4 Å². The Morgan fingerprint density at radius 3 is 2.86 bits per heavy atom. The molecule has 1 aromatic carbocycles. The summed E-state index contributed by atoms with van der Waals surface area (Å²) in [5.74, 6) is 3.51. The number of carbonyl (C=O) groups excluding carboxylic acids is 1. The SMILES string of the molecule is COc1ccc2c(c1)CCC1C2CCC2(C)C(=O)CCCC12. The van der Waals surface area contributed by atoms with Gasteiger partial charge in [0.2, 0.25) is 0 Å². The Bertz CT molecular complexity index is 606. The molecule has 0 N–H and O–H groups in total. The number of carbonyl (C=O) groups is 1. The molecule has 0 amide bonds. The van der Waals surface area contributed by atoms with Crippen LogP contribution in [0.5, 0.6) is 5.75 Å². The van der Waals surface area contributed by atoms with Crippen LogP contribution in [0.1, 0.15) is 62.5 Å². The summed E-state index contributed by atoms with van der Waals surface area (Å²) in [5.41, 5.74) is 2.99. The third kappa shape index (κ3) is 1.96. The van der Waals surface area contributed by atoms with Crippen molar-refractivity contribution in [2.24, 2.45) is 17.3 Å². The summed E-state index contributed by atoms with van der Waals surface area (Å²) in [6.07, 6.45) is 7.85. The molecular formula is C20H26O2. The van der Waals surface area contributed by atoms with Gasteiger partial charge in [-0.2, -0.15) is 0 Å². The first kappa shape index (κ1) is 14.3. The Labute approximate surface area is 133 Å². The summed E-state index contributed by atoms with van der Waals surface area (Å²) in [7, 11) is 1.74. The summed E-state index contributed by atoms with van der Waals surface area (Å²) >= 11 is 0. The molecular weight excluding hydrogens is 272 g/mol. The van der Waals surface area contributed by atoms with Crippen LogP contribution in [0.25, 0.3) is 0 Å². The van der Waals surface area contributed by atoms with Crippen molar-refractivity contribution in [3.8, 4) is 5.75 Å². The maximum atomic E-state index is 12.5. The first-order valence-electron chi connectivity index (χ1n) is 8.83. The molecule has 0 heterocycles. The minimum atomic E-state index is -0.0244. The molecule has 4 unspecified atom stereocenters. The predicted molar refractivity (Wildman–Crippen MR) is 87.2 cm³/mol. The van der Waals surface area contributed by atoms with E-state index < -0.39 is 0 Å². The van der Waals surface area contributed by atoms with Gasteiger partial charge in [-0.05, 0) is 79.5 Å². The van der Waals surface area contributed by atoms with E-state index >= 15 is 0 Å². The van der Waals surface area contributed by atoms with Crippen LogP contribution in [0.2, 0.25) is 0 Å². The van der Waals surface area contributed by atoms with Crippen LogP contribution >= 0.6 is 0 Å². The third-order valence-electron chi connectivity index (χ3n) is 6.88. The number of fused-ring (bicyclic) bond motifs is 5. The minimum Gasteiger partial charge on any atom is -0.497 e. The van der Waals surface area contributed by atoms with Gasteiger partial charge in [-0.3, -0.25) is 4.79 Å². The second-order valence-corrected chi connectivity index (χ2v) is 7.75. The van der Waals surface area contributed by atoms with Gasteiger partial charge < -0.3 is 4.74 Å². The lowest BCUT2D eigenvalue weighted by molar-refractivity contribution is -0.140. The van der Waals surface area contributed by atoms with Crippen molar-refractivity contribution in [2.45, 2.75) is 57.8 Å². The Balaban J connectivity index is 1.69. The highest BCUT2D eigenvalue weighted by molar-refractivity contribution is 5.85. The highest BCUT2D eigenvalue weighted by atomic mass is 16.5. The molecule has 2 heteroatoms. The molecule has 0 radical (unpaired) electrons. The topological polar surface area (TPSA) is 26.3 Å². The van der Waals surface area contributed by atoms with E-state index in [0.29, 0.717) is 23.5 Å². The highest BCUT2D eigenvalue weighted by Gasteiger charge is 2.52. The van der Waals surface area contributed by atoms with E-state index in [9.17, 15) is 4.79 Å². The summed E-state index contributed by atoms with van der Waals surface area (Å²) in [5, 5.41) is 0. The molecule has 4 rings (SSSR count). The molecule has 2 saturated carbocycles. The molecule has 2 fully saturated rings. The molecule has 2 nitrogen and oxygen atoms in total. The molecule has 4 atom stereocenters. The maximum Gasteiger partial charge on any atom is 0.139 e. The summed E-state index contributed by atoms with van der Waals surface area (Å²) in [6.45, 7) is 2.26. The molecule has 3 aliphatic rings. The van der Waals surface area contributed by atoms with Crippen molar-refractivity contribution in [1.82, 2.24) is 0 Å². The van der Waals surface area contributed by atoms with Crippen LogP contribution in [0.15, 0.2) is 18.2 Å². The van der Waals surface area contributed by atoms with Crippen molar-refractivity contribution in [2.75, 3.05) is 7.11 Å². The number of aryl methyl sites for hydroxylation is 1. The van der Waals surface area contributed by atoms with E-state index in [2.05, 4.69) is 25.1 Å². The van der Waals surface area contributed by atoms with Crippen molar-refractivity contribution in [1.29, 1.82) is 0 Å². The van der Waals surface area contributed by atoms with Crippen LogP contribution < -0.4 is 4.74 Å². The monoisotopic (exact) mass is 298 g/mol. The molecule has 0 spiro atoms. The fraction of sp³-hybridized carbons (Fsp3) is 0.650. The Hall–Kier alpha value is -1.31. The van der Waals surface area contributed by atoms with Crippen molar-refractivity contribution >= 4 is 5.78 Å². The van der Waals surface area contributed by atoms with E-state index in [-0.39, 0.29) is 5.41 Å². The molecule has 0 bridgehead atoms. The Morgan fingerprint density at radius 1 is 1.18 bits per heavy atom. The fourth-order valence-electron chi connectivity index (χ4n) is 5.65. The van der Waals surface area contributed by atoms with Gasteiger partial charge in [-0.25, -0.2) is 0 Å². The molecule has 0 aliphatic heterocycles. The lowest BCUT2D eigenvalue weighted by Gasteiger charge is -2.53. The van der Waals surface area contributed by atoms with Gasteiger partial charge in [0.15, 0.2) is 0 Å². The first-order valence-corrected chi connectivity index (χ1v) is 8.83. The lowest BCUT2D eigenvalue weighted by atomic mass is 9.50. The molecule has 1 aromatic rings. The third-order valence-corrected chi connectivity index (χ3v) is 6.88. The minimum absolute atomic E-state index is 0.0244. The van der Waals surface area contributed by atoms with Gasteiger partial charge >= 0.3 is 0 Å². The first-order chi connectivity index (χ1) is 10.6. The molecule has 0 saturated heterocycles. The number of hydrogen-bond acceptors (Lipinski definition) is 2. The van der Waals surface area contributed by atoms with E-state index in [1.54, 1.807) is 7.11 Å². The van der Waals surface area contributed by atoms with Crippen LogP contribution in [-0.4, -0.2) is 12.9 Å². The number of rotatable bonds is 1. The second kappa shape index (κ2) is 5.11. The standard InChI is InChI=1S/C20H26O2/c1-20-11-10-16-15-9-7-14(22-2)12-13(15)6-8-17(16)18(20)4-3-5-19(20)21/h7,9,12,16-18H,3-6,8,10-11H2,1-2H3.